The summed E-state index contributed by atoms with van der Waals surface area (Å²) >= 11 is 0. The van der Waals surface area contributed by atoms with E-state index in [9.17, 15) is 19.1 Å². The second-order valence-corrected chi connectivity index (χ2v) is 11.3. The Balaban J connectivity index is 1.57. The van der Waals surface area contributed by atoms with Crippen molar-refractivity contribution in [2.24, 2.45) is 0 Å². The largest absolute Gasteiger partial charge is 0.493 e. The molecule has 2 bridgehead atoms. The lowest BCUT2D eigenvalue weighted by molar-refractivity contribution is -0.139. The Labute approximate surface area is 242 Å². The molecule has 1 aliphatic carbocycles. The lowest BCUT2D eigenvalue weighted by Gasteiger charge is -2.31. The van der Waals surface area contributed by atoms with Crippen LogP contribution in [0.1, 0.15) is 68.6 Å². The molecule has 1 aliphatic heterocycles. The monoisotopic (exact) mass is 563 g/mol. The maximum absolute atomic E-state index is 14.6. The molecule has 0 spiro atoms. The van der Waals surface area contributed by atoms with E-state index in [-0.39, 0.29) is 37.3 Å². The molecule has 0 aromatic heterocycles. The molecule has 3 atom stereocenters. The predicted octanol–water partition coefficient (Wildman–Crippen LogP) is 3.86. The lowest BCUT2D eigenvalue weighted by Crippen LogP contribution is -2.55. The van der Waals surface area contributed by atoms with Crippen LogP contribution in [-0.4, -0.2) is 60.2 Å². The molecule has 7 nitrogen and oxygen atoms in total. The number of nitrogens with one attached hydrogen (secondary N) is 2. The SMILES string of the molecule is C#CCC1C(=O)N[C@H]([C@H](O)CNC2(c3cccc(CC)c3)CC2)Cc2cc(F)cc(c2)OCCCCCC(=O)N1C. The minimum Gasteiger partial charge on any atom is -0.493 e. The molecule has 1 fully saturated rings. The standard InChI is InChI=1S/C33H42FN3O4/c1-4-10-29-32(40)36-28(30(38)22-35-33(14-15-33)25-12-9-11-23(5-2)17-25)20-24-18-26(34)21-27(19-24)41-16-8-6-7-13-31(39)37(29)3/h1,9,11-12,17-19,21,28-30,35,38H,5-8,10,13-16,20,22H2,2-3H3,(H,36,40)/t28-,29?,30+/m0/s1. The minimum absolute atomic E-state index is 0.0456. The Hall–Kier alpha value is -3.41. The van der Waals surface area contributed by atoms with Crippen molar-refractivity contribution in [1.29, 1.82) is 0 Å². The average Bonchev–Trinajstić information content (AvgIpc) is 3.76. The zero-order valence-electron chi connectivity index (χ0n) is 24.1. The van der Waals surface area contributed by atoms with Gasteiger partial charge in [-0.25, -0.2) is 4.39 Å². The zero-order valence-corrected chi connectivity index (χ0v) is 24.1. The van der Waals surface area contributed by atoms with Gasteiger partial charge in [-0.1, -0.05) is 31.2 Å². The fraction of sp³-hybridized carbons (Fsp3) is 0.515. The molecule has 2 amide bonds. The maximum atomic E-state index is 14.6. The van der Waals surface area contributed by atoms with E-state index in [2.05, 4.69) is 47.7 Å². The molecule has 2 aromatic rings. The number of halogens is 1. The first-order valence-corrected chi connectivity index (χ1v) is 14.7. The highest BCUT2D eigenvalue weighted by Gasteiger charge is 2.44. The quantitative estimate of drug-likeness (QED) is 0.445. The molecule has 8 heteroatoms. The van der Waals surface area contributed by atoms with Gasteiger partial charge in [0.1, 0.15) is 17.6 Å². The van der Waals surface area contributed by atoms with Crippen LogP contribution in [0.25, 0.3) is 0 Å². The fourth-order valence-electron chi connectivity index (χ4n) is 5.47. The van der Waals surface area contributed by atoms with Crippen molar-refractivity contribution >= 4 is 11.8 Å². The Bertz CT molecular complexity index is 1260. The molecule has 220 valence electrons. The third-order valence-electron chi connectivity index (χ3n) is 8.24. The molecule has 1 saturated carbocycles. The molecule has 1 unspecified atom stereocenters. The maximum Gasteiger partial charge on any atom is 0.244 e. The van der Waals surface area contributed by atoms with E-state index in [1.807, 2.05) is 0 Å². The number of carbonyl (C=O) groups excluding carboxylic acids is 2. The topological polar surface area (TPSA) is 90.9 Å². The number of nitrogens with zero attached hydrogens (tertiary/aromatic N) is 1. The van der Waals surface area contributed by atoms with Crippen molar-refractivity contribution < 1.29 is 23.8 Å². The van der Waals surface area contributed by atoms with Gasteiger partial charge in [-0.3, -0.25) is 9.59 Å². The number of aliphatic hydroxyl groups is 1. The van der Waals surface area contributed by atoms with E-state index in [1.165, 1.54) is 28.2 Å². The smallest absolute Gasteiger partial charge is 0.244 e. The second kappa shape index (κ2) is 14.0. The number of rotatable bonds is 7. The van der Waals surface area contributed by atoms with Gasteiger partial charge >= 0.3 is 0 Å². The molecule has 41 heavy (non-hydrogen) atoms. The fourth-order valence-corrected chi connectivity index (χ4v) is 5.47. The summed E-state index contributed by atoms with van der Waals surface area (Å²) in [5.74, 6) is 1.86. The minimum atomic E-state index is -0.996. The first-order valence-electron chi connectivity index (χ1n) is 14.7. The summed E-state index contributed by atoms with van der Waals surface area (Å²) in [7, 11) is 1.59. The van der Waals surface area contributed by atoms with E-state index >= 15 is 0 Å². The summed E-state index contributed by atoms with van der Waals surface area (Å²) in [6.07, 6.45) is 10.0. The number of aliphatic hydroxyl groups excluding tert-OH is 1. The van der Waals surface area contributed by atoms with Crippen LogP contribution in [0.3, 0.4) is 0 Å². The van der Waals surface area contributed by atoms with Crippen molar-refractivity contribution in [3.8, 4) is 18.1 Å². The normalized spacial score (nSPS) is 22.3. The number of likely N-dealkylation sites (N-methyl/N-ethyl adjacent to an activating group) is 1. The molecular weight excluding hydrogens is 521 g/mol. The molecule has 0 radical (unpaired) electrons. The number of terminal acetylenes is 1. The van der Waals surface area contributed by atoms with E-state index in [0.717, 1.165) is 25.7 Å². The van der Waals surface area contributed by atoms with Crippen LogP contribution in [-0.2, 0) is 28.0 Å². The molecule has 1 heterocycles. The number of hydrogen-bond acceptors (Lipinski definition) is 5. The number of fused-ring (bicyclic) bond motifs is 2. The molecule has 0 saturated heterocycles. The van der Waals surface area contributed by atoms with Crippen molar-refractivity contribution in [1.82, 2.24) is 15.5 Å². The van der Waals surface area contributed by atoms with Crippen LogP contribution in [0.5, 0.6) is 5.75 Å². The van der Waals surface area contributed by atoms with Crippen LogP contribution in [0, 0.1) is 18.2 Å². The summed E-state index contributed by atoms with van der Waals surface area (Å²) in [6.45, 7) is 2.74. The van der Waals surface area contributed by atoms with Crippen molar-refractivity contribution in [3.63, 3.8) is 0 Å². The van der Waals surface area contributed by atoms with Gasteiger partial charge in [-0.05, 0) is 73.8 Å². The average molecular weight is 564 g/mol. The van der Waals surface area contributed by atoms with E-state index < -0.39 is 29.9 Å². The summed E-state index contributed by atoms with van der Waals surface area (Å²) in [5, 5.41) is 17.9. The molecular formula is C33H42FN3O4. The molecule has 3 N–H and O–H groups in total. The number of aryl methyl sites for hydroxylation is 1. The summed E-state index contributed by atoms with van der Waals surface area (Å²) in [6, 6.07) is 11.3. The lowest BCUT2D eigenvalue weighted by atomic mass is 9.97. The zero-order chi connectivity index (χ0) is 29.4. The van der Waals surface area contributed by atoms with E-state index in [1.54, 1.807) is 13.1 Å². The highest BCUT2D eigenvalue weighted by molar-refractivity contribution is 5.88. The number of ether oxygens (including phenoxy) is 1. The highest BCUT2D eigenvalue weighted by Crippen LogP contribution is 2.45. The van der Waals surface area contributed by atoms with Gasteiger partial charge in [0.15, 0.2) is 0 Å². The summed E-state index contributed by atoms with van der Waals surface area (Å²) < 4.78 is 20.3. The van der Waals surface area contributed by atoms with Gasteiger partial charge in [-0.2, -0.15) is 0 Å². The molecule has 2 aromatic carbocycles. The van der Waals surface area contributed by atoms with Gasteiger partial charge in [0.05, 0.1) is 18.8 Å². The van der Waals surface area contributed by atoms with Crippen LogP contribution in [0.15, 0.2) is 42.5 Å². The summed E-state index contributed by atoms with van der Waals surface area (Å²) in [4.78, 5) is 27.8. The third-order valence-corrected chi connectivity index (χ3v) is 8.24. The van der Waals surface area contributed by atoms with Gasteiger partial charge in [0.25, 0.3) is 0 Å². The second-order valence-electron chi connectivity index (χ2n) is 11.3. The molecule has 2 aliphatic rings. The Morgan fingerprint density at radius 1 is 1.22 bits per heavy atom. The Morgan fingerprint density at radius 3 is 2.76 bits per heavy atom. The van der Waals surface area contributed by atoms with Crippen LogP contribution < -0.4 is 15.4 Å². The van der Waals surface area contributed by atoms with Gasteiger partial charge in [0.2, 0.25) is 11.8 Å². The molecule has 4 rings (SSSR count). The number of hydrogen-bond donors (Lipinski definition) is 3. The Kier molecular flexibility index (Phi) is 10.4. The van der Waals surface area contributed by atoms with E-state index in [0.29, 0.717) is 30.8 Å². The summed E-state index contributed by atoms with van der Waals surface area (Å²) in [5.41, 5.74) is 2.81. The van der Waals surface area contributed by atoms with Crippen LogP contribution >= 0.6 is 0 Å². The first-order chi connectivity index (χ1) is 19.7. The number of benzene rings is 2. The Morgan fingerprint density at radius 2 is 2.02 bits per heavy atom. The first kappa shape index (κ1) is 30.5. The van der Waals surface area contributed by atoms with Crippen molar-refractivity contribution in [2.75, 3.05) is 20.2 Å². The van der Waals surface area contributed by atoms with Gasteiger partial charge < -0.3 is 25.4 Å². The van der Waals surface area contributed by atoms with Crippen LogP contribution in [0.4, 0.5) is 4.39 Å². The van der Waals surface area contributed by atoms with Crippen molar-refractivity contribution in [2.45, 2.75) is 88.4 Å². The van der Waals surface area contributed by atoms with E-state index in [4.69, 9.17) is 11.2 Å². The third kappa shape index (κ3) is 8.08. The highest BCUT2D eigenvalue weighted by atomic mass is 19.1. The van der Waals surface area contributed by atoms with Gasteiger partial charge in [0, 0.05) is 38.0 Å². The predicted molar refractivity (Wildman–Crippen MR) is 157 cm³/mol. The number of amides is 2. The number of carbonyl (C=O) groups is 2. The van der Waals surface area contributed by atoms with Gasteiger partial charge in [-0.15, -0.1) is 12.3 Å². The van der Waals surface area contributed by atoms with Crippen molar-refractivity contribution in [3.05, 3.63) is 65.0 Å². The van der Waals surface area contributed by atoms with Crippen LogP contribution in [0.2, 0.25) is 0 Å².